The van der Waals surface area contributed by atoms with Crippen molar-refractivity contribution in [3.05, 3.63) is 30.6 Å². The van der Waals surface area contributed by atoms with Gasteiger partial charge in [0.25, 0.3) is 0 Å². The zero-order valence-electron chi connectivity index (χ0n) is 11.8. The average Bonchev–Trinajstić information content (AvgIpc) is 2.94. The molecule has 114 valence electrons. The highest BCUT2D eigenvalue weighted by Crippen LogP contribution is 2.10. The molecule has 1 amide bonds. The number of anilines is 1. The van der Waals surface area contributed by atoms with Gasteiger partial charge in [0.2, 0.25) is 0 Å². The summed E-state index contributed by atoms with van der Waals surface area (Å²) in [7, 11) is 0. The number of hydrogen-bond donors (Lipinski definition) is 4. The molecule has 0 fully saturated rings. The predicted molar refractivity (Wildman–Crippen MR) is 87.8 cm³/mol. The maximum Gasteiger partial charge on any atom is 0.404 e. The minimum Gasteiger partial charge on any atom is -0.465 e. The maximum absolute atomic E-state index is 10.6. The van der Waals surface area contributed by atoms with Gasteiger partial charge in [0, 0.05) is 12.4 Å². The normalized spacial score (nSPS) is 11.1. The van der Waals surface area contributed by atoms with Crippen LogP contribution in [0.5, 0.6) is 0 Å². The first-order valence-corrected chi connectivity index (χ1v) is 6.89. The fourth-order valence-corrected chi connectivity index (χ4v) is 2.11. The van der Waals surface area contributed by atoms with Crippen molar-refractivity contribution in [1.29, 1.82) is 0 Å². The monoisotopic (exact) mass is 317 g/mol. The van der Waals surface area contributed by atoms with Crippen molar-refractivity contribution in [1.82, 2.24) is 20.0 Å². The van der Waals surface area contributed by atoms with Crippen LogP contribution in [0.1, 0.15) is 6.92 Å². The molecule has 2 aromatic heterocycles. The van der Waals surface area contributed by atoms with Crippen molar-refractivity contribution in [3.63, 3.8) is 0 Å². The van der Waals surface area contributed by atoms with E-state index in [0.717, 1.165) is 11.5 Å². The molecule has 0 aliphatic heterocycles. The minimum atomic E-state index is -1.10. The summed E-state index contributed by atoms with van der Waals surface area (Å²) in [4.78, 5) is 14.7. The molecule has 2 rings (SSSR count). The topological polar surface area (TPSA) is 90.7 Å². The SMILES string of the molecule is CC#CC(CNC(=O)O)NC(=S)Nc1cccc2nccn12. The van der Waals surface area contributed by atoms with E-state index in [9.17, 15) is 4.79 Å². The van der Waals surface area contributed by atoms with Crippen LogP contribution >= 0.6 is 12.2 Å². The second kappa shape index (κ2) is 7.28. The average molecular weight is 317 g/mol. The number of thiocarbonyl (C=S) groups is 1. The Bertz CT molecular complexity index is 746. The van der Waals surface area contributed by atoms with Crippen LogP contribution in [-0.2, 0) is 0 Å². The van der Waals surface area contributed by atoms with Crippen LogP contribution in [-0.4, -0.2) is 38.3 Å². The molecule has 8 heteroatoms. The number of fused-ring (bicyclic) bond motifs is 1. The Hall–Kier alpha value is -2.79. The quantitative estimate of drug-likeness (QED) is 0.502. The number of aromatic nitrogens is 2. The van der Waals surface area contributed by atoms with Crippen molar-refractivity contribution < 1.29 is 9.90 Å². The van der Waals surface area contributed by atoms with Gasteiger partial charge in [-0.3, -0.25) is 4.40 Å². The smallest absolute Gasteiger partial charge is 0.404 e. The first kappa shape index (κ1) is 15.6. The van der Waals surface area contributed by atoms with Gasteiger partial charge in [-0.2, -0.15) is 0 Å². The fourth-order valence-electron chi connectivity index (χ4n) is 1.86. The lowest BCUT2D eigenvalue weighted by atomic mass is 10.3. The first-order valence-electron chi connectivity index (χ1n) is 6.49. The number of nitrogens with zero attached hydrogens (tertiary/aromatic N) is 2. The Labute approximate surface area is 132 Å². The molecule has 1 atom stereocenters. The molecule has 7 nitrogen and oxygen atoms in total. The molecule has 22 heavy (non-hydrogen) atoms. The van der Waals surface area contributed by atoms with Crippen molar-refractivity contribution in [3.8, 4) is 11.8 Å². The number of imidazole rings is 1. The van der Waals surface area contributed by atoms with Crippen LogP contribution in [0.4, 0.5) is 10.6 Å². The van der Waals surface area contributed by atoms with Crippen molar-refractivity contribution in [2.75, 3.05) is 11.9 Å². The summed E-state index contributed by atoms with van der Waals surface area (Å²) in [5.74, 6) is 6.34. The first-order chi connectivity index (χ1) is 10.6. The van der Waals surface area contributed by atoms with Gasteiger partial charge in [0.05, 0.1) is 6.54 Å². The zero-order valence-corrected chi connectivity index (χ0v) is 12.6. The second-order valence-corrected chi connectivity index (χ2v) is 4.71. The van der Waals surface area contributed by atoms with E-state index in [-0.39, 0.29) is 6.54 Å². The Morgan fingerprint density at radius 1 is 1.55 bits per heavy atom. The van der Waals surface area contributed by atoms with Gasteiger partial charge in [0.15, 0.2) is 5.11 Å². The molecule has 0 aliphatic rings. The summed E-state index contributed by atoms with van der Waals surface area (Å²) >= 11 is 5.24. The van der Waals surface area contributed by atoms with E-state index in [1.54, 1.807) is 13.1 Å². The lowest BCUT2D eigenvalue weighted by Crippen LogP contribution is -2.44. The summed E-state index contributed by atoms with van der Waals surface area (Å²) < 4.78 is 1.85. The second-order valence-electron chi connectivity index (χ2n) is 4.30. The van der Waals surface area contributed by atoms with Gasteiger partial charge in [-0.1, -0.05) is 12.0 Å². The van der Waals surface area contributed by atoms with Crippen molar-refractivity contribution in [2.24, 2.45) is 0 Å². The van der Waals surface area contributed by atoms with E-state index < -0.39 is 12.1 Å². The maximum atomic E-state index is 10.6. The van der Waals surface area contributed by atoms with Gasteiger partial charge in [-0.15, -0.1) is 5.92 Å². The minimum absolute atomic E-state index is 0.132. The number of nitrogens with one attached hydrogen (secondary N) is 3. The number of amides is 1. The molecule has 1 unspecified atom stereocenters. The molecule has 0 radical (unpaired) electrons. The van der Waals surface area contributed by atoms with Crippen molar-refractivity contribution >= 4 is 34.9 Å². The molecule has 4 N–H and O–H groups in total. The predicted octanol–water partition coefficient (Wildman–Crippen LogP) is 1.28. The molecule has 2 heterocycles. The standard InChI is InChI=1S/C14H15N5O2S/c1-2-4-10(9-16-14(20)21)17-13(22)18-12-6-3-5-11-15-7-8-19(11)12/h3,5-8,10,16H,9H2,1H3,(H,20,21)(H2,17,18,22). The molecule has 0 bridgehead atoms. The summed E-state index contributed by atoms with van der Waals surface area (Å²) in [6.45, 7) is 1.81. The molecule has 0 saturated heterocycles. The highest BCUT2D eigenvalue weighted by Gasteiger charge is 2.09. The Kier molecular flexibility index (Phi) is 5.16. The molecule has 2 aromatic rings. The van der Waals surface area contributed by atoms with E-state index in [0.29, 0.717) is 5.11 Å². The summed E-state index contributed by atoms with van der Waals surface area (Å²) in [5.41, 5.74) is 0.797. The molecule has 0 spiro atoms. The summed E-state index contributed by atoms with van der Waals surface area (Å²) in [5, 5.41) is 17.3. The van der Waals surface area contributed by atoms with Crippen LogP contribution in [0.2, 0.25) is 0 Å². The summed E-state index contributed by atoms with van der Waals surface area (Å²) in [6, 6.07) is 5.19. The van der Waals surface area contributed by atoms with E-state index in [4.69, 9.17) is 17.3 Å². The van der Waals surface area contributed by atoms with Gasteiger partial charge in [0.1, 0.15) is 17.5 Å². The molecule has 0 aliphatic carbocycles. The molecular weight excluding hydrogens is 302 g/mol. The Morgan fingerprint density at radius 2 is 2.36 bits per heavy atom. The van der Waals surface area contributed by atoms with Crippen LogP contribution < -0.4 is 16.0 Å². The number of carboxylic acid groups (broad SMARTS) is 1. The van der Waals surface area contributed by atoms with Gasteiger partial charge < -0.3 is 21.1 Å². The third-order valence-electron chi connectivity index (χ3n) is 2.75. The third-order valence-corrected chi connectivity index (χ3v) is 2.97. The van der Waals surface area contributed by atoms with Crippen LogP contribution in [0.15, 0.2) is 30.6 Å². The third kappa shape index (κ3) is 4.10. The largest absolute Gasteiger partial charge is 0.465 e. The summed E-state index contributed by atoms with van der Waals surface area (Å²) in [6.07, 6.45) is 2.40. The van der Waals surface area contributed by atoms with Gasteiger partial charge in [-0.05, 0) is 31.3 Å². The van der Waals surface area contributed by atoms with Gasteiger partial charge >= 0.3 is 6.09 Å². The number of hydrogen-bond acceptors (Lipinski definition) is 3. The lowest BCUT2D eigenvalue weighted by molar-refractivity contribution is 0.194. The van der Waals surface area contributed by atoms with E-state index in [1.165, 1.54) is 0 Å². The number of carbonyl (C=O) groups is 1. The molecule has 0 aromatic carbocycles. The van der Waals surface area contributed by atoms with E-state index in [2.05, 4.69) is 32.8 Å². The Morgan fingerprint density at radius 3 is 3.09 bits per heavy atom. The fraction of sp³-hybridized carbons (Fsp3) is 0.214. The van der Waals surface area contributed by atoms with Crippen molar-refractivity contribution in [2.45, 2.75) is 13.0 Å². The van der Waals surface area contributed by atoms with Crippen LogP contribution in [0.3, 0.4) is 0 Å². The zero-order chi connectivity index (χ0) is 15.9. The highest BCUT2D eigenvalue weighted by atomic mass is 32.1. The van der Waals surface area contributed by atoms with Crippen LogP contribution in [0.25, 0.3) is 5.65 Å². The van der Waals surface area contributed by atoms with E-state index >= 15 is 0 Å². The van der Waals surface area contributed by atoms with E-state index in [1.807, 2.05) is 28.8 Å². The molecule has 0 saturated carbocycles. The molecular formula is C14H15N5O2S. The Balaban J connectivity index is 2.02. The highest BCUT2D eigenvalue weighted by molar-refractivity contribution is 7.80. The lowest BCUT2D eigenvalue weighted by Gasteiger charge is -2.16. The number of rotatable bonds is 4. The van der Waals surface area contributed by atoms with Crippen LogP contribution in [0, 0.1) is 11.8 Å². The van der Waals surface area contributed by atoms with Gasteiger partial charge in [-0.25, -0.2) is 9.78 Å². The number of pyridine rings is 1.